The Balaban J connectivity index is 2.22. The molecule has 3 nitrogen and oxygen atoms in total. The zero-order valence-electron chi connectivity index (χ0n) is 12.6. The molecule has 0 radical (unpaired) electrons. The molecule has 0 spiro atoms. The van der Waals surface area contributed by atoms with Crippen molar-refractivity contribution in [2.45, 2.75) is 12.4 Å². The fourth-order valence-electron chi connectivity index (χ4n) is 2.04. The van der Waals surface area contributed by atoms with E-state index in [1.165, 1.54) is 0 Å². The minimum Gasteiger partial charge on any atom is -0.289 e. The Kier molecular flexibility index (Phi) is 5.02. The van der Waals surface area contributed by atoms with Gasteiger partial charge in [-0.3, -0.25) is 14.4 Å². The molecule has 26 heavy (non-hydrogen) atoms. The number of rotatable bonds is 4. The monoisotopic (exact) mass is 374 g/mol. The van der Waals surface area contributed by atoms with E-state index in [0.717, 1.165) is 48.5 Å². The van der Waals surface area contributed by atoms with E-state index >= 15 is 0 Å². The lowest BCUT2D eigenvalue weighted by Gasteiger charge is -2.07. The highest BCUT2D eigenvalue weighted by Crippen LogP contribution is 2.23. The third-order valence-corrected chi connectivity index (χ3v) is 3.33. The summed E-state index contributed by atoms with van der Waals surface area (Å²) in [6.45, 7) is 0. The van der Waals surface area contributed by atoms with Crippen LogP contribution >= 0.6 is 0 Å². The maximum atomic E-state index is 12.3. The molecular weight excluding hydrogens is 366 g/mol. The molecule has 136 valence electrons. The van der Waals surface area contributed by atoms with Crippen LogP contribution in [0.25, 0.3) is 0 Å². The van der Waals surface area contributed by atoms with Crippen LogP contribution in [0.4, 0.5) is 26.3 Å². The van der Waals surface area contributed by atoms with Gasteiger partial charge < -0.3 is 0 Å². The van der Waals surface area contributed by atoms with E-state index in [-0.39, 0.29) is 11.1 Å². The molecule has 0 aliphatic rings. The molecule has 0 N–H and O–H groups in total. The van der Waals surface area contributed by atoms with Crippen molar-refractivity contribution in [2.75, 3.05) is 0 Å². The molecule has 2 aromatic carbocycles. The van der Waals surface area contributed by atoms with E-state index in [0.29, 0.717) is 0 Å². The SMILES string of the molecule is O=C(c1ccc(C(=O)C(F)(F)F)cc1)c1ccc(C(=O)C(F)(F)F)cc1. The summed E-state index contributed by atoms with van der Waals surface area (Å²) in [5.41, 5.74) is -1.45. The van der Waals surface area contributed by atoms with Crippen molar-refractivity contribution >= 4 is 17.3 Å². The predicted octanol–water partition coefficient (Wildman–Crippen LogP) is 4.41. The van der Waals surface area contributed by atoms with E-state index in [1.807, 2.05) is 0 Å². The molecule has 0 fully saturated rings. The lowest BCUT2D eigenvalue weighted by atomic mass is 9.99. The second-order valence-electron chi connectivity index (χ2n) is 5.14. The number of hydrogen-bond acceptors (Lipinski definition) is 3. The average Bonchev–Trinajstić information content (AvgIpc) is 2.58. The van der Waals surface area contributed by atoms with Crippen LogP contribution in [0.1, 0.15) is 36.6 Å². The molecule has 2 rings (SSSR count). The Morgan fingerprint density at radius 3 is 0.962 bits per heavy atom. The quantitative estimate of drug-likeness (QED) is 0.589. The number of Topliss-reactive ketones (excluding diaryl/α,β-unsaturated/α-hetero) is 2. The molecule has 0 saturated heterocycles. The molecule has 9 heteroatoms. The van der Waals surface area contributed by atoms with Crippen LogP contribution < -0.4 is 0 Å². The Morgan fingerprint density at radius 2 is 0.731 bits per heavy atom. The first kappa shape index (κ1) is 19.4. The molecule has 0 heterocycles. The Hall–Kier alpha value is -2.97. The van der Waals surface area contributed by atoms with Gasteiger partial charge in [0.05, 0.1) is 0 Å². The standard InChI is InChI=1S/C17H8F6O3/c18-16(19,20)14(25)11-5-1-9(2-6-11)13(24)10-3-7-12(8-4-10)15(26)17(21,22)23/h1-8H. The van der Waals surface area contributed by atoms with Crippen LogP contribution in [-0.2, 0) is 0 Å². The van der Waals surface area contributed by atoms with Gasteiger partial charge in [0.15, 0.2) is 5.78 Å². The van der Waals surface area contributed by atoms with Gasteiger partial charge in [0.2, 0.25) is 0 Å². The number of carbonyl (C=O) groups is 3. The summed E-state index contributed by atoms with van der Waals surface area (Å²) in [7, 11) is 0. The number of ketones is 3. The van der Waals surface area contributed by atoms with E-state index in [2.05, 4.69) is 0 Å². The van der Waals surface area contributed by atoms with Crippen molar-refractivity contribution in [3.63, 3.8) is 0 Å². The zero-order valence-corrected chi connectivity index (χ0v) is 12.6. The van der Waals surface area contributed by atoms with Gasteiger partial charge in [0.25, 0.3) is 11.6 Å². The average molecular weight is 374 g/mol. The number of alkyl halides is 6. The minimum atomic E-state index is -5.05. The third-order valence-electron chi connectivity index (χ3n) is 3.33. The molecule has 0 unspecified atom stereocenters. The van der Waals surface area contributed by atoms with Gasteiger partial charge in [-0.15, -0.1) is 0 Å². The van der Waals surface area contributed by atoms with Gasteiger partial charge in [0, 0.05) is 22.3 Å². The van der Waals surface area contributed by atoms with Crippen LogP contribution in [0, 0.1) is 0 Å². The van der Waals surface area contributed by atoms with Gasteiger partial charge in [-0.2, -0.15) is 26.3 Å². The van der Waals surface area contributed by atoms with Gasteiger partial charge in [-0.1, -0.05) is 48.5 Å². The summed E-state index contributed by atoms with van der Waals surface area (Å²) < 4.78 is 73.9. The highest BCUT2D eigenvalue weighted by Gasteiger charge is 2.40. The van der Waals surface area contributed by atoms with E-state index < -0.39 is 40.8 Å². The molecule has 0 amide bonds. The van der Waals surface area contributed by atoms with Crippen molar-refractivity contribution in [1.29, 1.82) is 0 Å². The summed E-state index contributed by atoms with van der Waals surface area (Å²) in [5.74, 6) is -4.82. The van der Waals surface area contributed by atoms with Crippen LogP contribution in [0.15, 0.2) is 48.5 Å². The molecule has 0 aliphatic heterocycles. The number of benzene rings is 2. The number of carbonyl (C=O) groups excluding carboxylic acids is 3. The fourth-order valence-corrected chi connectivity index (χ4v) is 2.04. The first-order valence-electron chi connectivity index (χ1n) is 6.89. The normalized spacial score (nSPS) is 11.9. The summed E-state index contributed by atoms with van der Waals surface area (Å²) in [6.07, 6.45) is -10.1. The largest absolute Gasteiger partial charge is 0.454 e. The van der Waals surface area contributed by atoms with Crippen molar-refractivity contribution in [1.82, 2.24) is 0 Å². The lowest BCUT2D eigenvalue weighted by molar-refractivity contribution is -0.0888. The predicted molar refractivity (Wildman–Crippen MR) is 77.1 cm³/mol. The van der Waals surface area contributed by atoms with E-state index in [9.17, 15) is 40.7 Å². The van der Waals surface area contributed by atoms with Crippen LogP contribution in [0.2, 0.25) is 0 Å². The first-order valence-corrected chi connectivity index (χ1v) is 6.89. The topological polar surface area (TPSA) is 51.2 Å². The van der Waals surface area contributed by atoms with Crippen molar-refractivity contribution in [3.8, 4) is 0 Å². The summed E-state index contributed by atoms with van der Waals surface area (Å²) in [4.78, 5) is 34.3. The highest BCUT2D eigenvalue weighted by molar-refractivity contribution is 6.10. The molecule has 0 aliphatic carbocycles. The first-order chi connectivity index (χ1) is 11.9. The smallest absolute Gasteiger partial charge is 0.289 e. The van der Waals surface area contributed by atoms with Gasteiger partial charge in [0.1, 0.15) is 0 Å². The van der Waals surface area contributed by atoms with Gasteiger partial charge in [-0.05, 0) is 0 Å². The molecule has 0 atom stereocenters. The summed E-state index contributed by atoms with van der Waals surface area (Å²) in [5, 5.41) is 0. The summed E-state index contributed by atoms with van der Waals surface area (Å²) in [6, 6.07) is 7.28. The minimum absolute atomic E-state index is 0.0707. The van der Waals surface area contributed by atoms with Gasteiger partial charge >= 0.3 is 12.4 Å². The highest BCUT2D eigenvalue weighted by atomic mass is 19.4. The maximum absolute atomic E-state index is 12.3. The second-order valence-corrected chi connectivity index (χ2v) is 5.14. The Morgan fingerprint density at radius 1 is 0.500 bits per heavy atom. The Bertz CT molecular complexity index is 775. The summed E-state index contributed by atoms with van der Waals surface area (Å²) >= 11 is 0. The fraction of sp³-hybridized carbons (Fsp3) is 0.118. The third kappa shape index (κ3) is 4.16. The molecule has 0 bridgehead atoms. The van der Waals surface area contributed by atoms with Crippen molar-refractivity contribution in [2.24, 2.45) is 0 Å². The number of halogens is 6. The molecular formula is C17H8F6O3. The lowest BCUT2D eigenvalue weighted by Crippen LogP contribution is -2.22. The van der Waals surface area contributed by atoms with Gasteiger partial charge in [-0.25, -0.2) is 0 Å². The molecule has 0 aromatic heterocycles. The van der Waals surface area contributed by atoms with E-state index in [4.69, 9.17) is 0 Å². The van der Waals surface area contributed by atoms with Crippen LogP contribution in [0.3, 0.4) is 0 Å². The number of hydrogen-bond donors (Lipinski definition) is 0. The zero-order chi connectivity index (χ0) is 19.7. The Labute approximate surface area is 142 Å². The second kappa shape index (κ2) is 6.74. The van der Waals surface area contributed by atoms with E-state index in [1.54, 1.807) is 0 Å². The van der Waals surface area contributed by atoms with Crippen LogP contribution in [-0.4, -0.2) is 29.7 Å². The molecule has 0 saturated carbocycles. The molecule has 2 aromatic rings. The van der Waals surface area contributed by atoms with Crippen molar-refractivity contribution < 1.29 is 40.7 Å². The maximum Gasteiger partial charge on any atom is 0.454 e. The van der Waals surface area contributed by atoms with Crippen molar-refractivity contribution in [3.05, 3.63) is 70.8 Å². The van der Waals surface area contributed by atoms with Crippen LogP contribution in [0.5, 0.6) is 0 Å².